The molecule has 3 N–H and O–H groups in total. The predicted molar refractivity (Wildman–Crippen MR) is 63.5 cm³/mol. The molecule has 1 aliphatic carbocycles. The molecular formula is C11H16N6O. The minimum atomic E-state index is -0.233. The van der Waals surface area contributed by atoms with Crippen molar-refractivity contribution < 1.29 is 4.52 Å². The Labute approximate surface area is 104 Å². The van der Waals surface area contributed by atoms with Crippen molar-refractivity contribution in [2.45, 2.75) is 44.1 Å². The molecule has 96 valence electrons. The molecule has 2 unspecified atom stereocenters. The Bertz CT molecular complexity index is 521. The molecule has 0 bridgehead atoms. The smallest absolute Gasteiger partial charge is 0.239 e. The summed E-state index contributed by atoms with van der Waals surface area (Å²) >= 11 is 0. The fraction of sp³-hybridized carbons (Fsp3) is 0.636. The molecule has 0 aromatic carbocycles. The van der Waals surface area contributed by atoms with Gasteiger partial charge in [-0.3, -0.25) is 5.10 Å². The van der Waals surface area contributed by atoms with Crippen molar-refractivity contribution in [3.8, 4) is 11.6 Å². The first-order valence-corrected chi connectivity index (χ1v) is 6.15. The largest absolute Gasteiger partial charge is 0.338 e. The van der Waals surface area contributed by atoms with Crippen molar-refractivity contribution >= 4 is 0 Å². The molecule has 2 heterocycles. The molecule has 2 atom stereocenters. The van der Waals surface area contributed by atoms with Crippen LogP contribution < -0.4 is 5.73 Å². The molecule has 0 radical (unpaired) electrons. The van der Waals surface area contributed by atoms with E-state index in [4.69, 9.17) is 10.3 Å². The monoisotopic (exact) mass is 248 g/mol. The van der Waals surface area contributed by atoms with Gasteiger partial charge in [0.2, 0.25) is 11.7 Å². The minimum absolute atomic E-state index is 0.0641. The van der Waals surface area contributed by atoms with Crippen LogP contribution in [0.4, 0.5) is 0 Å². The highest BCUT2D eigenvalue weighted by molar-refractivity contribution is 5.40. The number of hydrogen-bond donors (Lipinski definition) is 2. The average molecular weight is 248 g/mol. The van der Waals surface area contributed by atoms with Crippen molar-refractivity contribution in [1.82, 2.24) is 25.3 Å². The molecule has 3 rings (SSSR count). The van der Waals surface area contributed by atoms with Crippen molar-refractivity contribution in [3.05, 3.63) is 12.2 Å². The van der Waals surface area contributed by atoms with Gasteiger partial charge >= 0.3 is 0 Å². The van der Waals surface area contributed by atoms with Crippen LogP contribution in [0.1, 0.15) is 38.5 Å². The van der Waals surface area contributed by atoms with Gasteiger partial charge in [0.15, 0.2) is 5.82 Å². The Hall–Kier alpha value is -1.76. The lowest BCUT2D eigenvalue weighted by Gasteiger charge is -2.35. The molecule has 1 saturated carbocycles. The number of H-pyrrole nitrogens is 1. The molecule has 2 aromatic heterocycles. The van der Waals surface area contributed by atoms with Crippen LogP contribution in [-0.4, -0.2) is 31.4 Å². The van der Waals surface area contributed by atoms with Gasteiger partial charge in [-0.15, -0.1) is 0 Å². The SMILES string of the molecule is CC1(c2nc(-c3ncn[nH]3)no2)CCCCC1N. The second-order valence-corrected chi connectivity index (χ2v) is 5.03. The highest BCUT2D eigenvalue weighted by atomic mass is 16.5. The maximum atomic E-state index is 6.21. The van der Waals surface area contributed by atoms with E-state index < -0.39 is 0 Å². The number of nitrogens with two attached hydrogens (primary N) is 1. The van der Waals surface area contributed by atoms with Crippen LogP contribution in [0, 0.1) is 0 Å². The summed E-state index contributed by atoms with van der Waals surface area (Å²) < 4.78 is 5.37. The van der Waals surface area contributed by atoms with Crippen molar-refractivity contribution in [1.29, 1.82) is 0 Å². The standard InChI is InChI=1S/C11H16N6O/c1-11(5-3-2-4-7(11)12)10-15-9(17-18-10)8-13-6-14-16-8/h6-7H,2-5,12H2,1H3,(H,13,14,16). The lowest BCUT2D eigenvalue weighted by Crippen LogP contribution is -2.45. The van der Waals surface area contributed by atoms with E-state index in [1.807, 2.05) is 0 Å². The van der Waals surface area contributed by atoms with Crippen LogP contribution in [0.15, 0.2) is 10.9 Å². The Kier molecular flexibility index (Phi) is 2.62. The Morgan fingerprint density at radius 2 is 2.39 bits per heavy atom. The Balaban J connectivity index is 1.93. The van der Waals surface area contributed by atoms with Crippen LogP contribution in [-0.2, 0) is 5.41 Å². The second-order valence-electron chi connectivity index (χ2n) is 5.03. The Morgan fingerprint density at radius 1 is 1.50 bits per heavy atom. The third-order valence-electron chi connectivity index (χ3n) is 3.82. The summed E-state index contributed by atoms with van der Waals surface area (Å²) in [5.41, 5.74) is 5.98. The number of aromatic nitrogens is 5. The number of nitrogens with one attached hydrogen (secondary N) is 1. The highest BCUT2D eigenvalue weighted by Gasteiger charge is 2.40. The average Bonchev–Trinajstić information content (AvgIpc) is 3.01. The van der Waals surface area contributed by atoms with E-state index in [9.17, 15) is 0 Å². The number of nitrogens with zero attached hydrogens (tertiary/aromatic N) is 4. The molecule has 0 aliphatic heterocycles. The second kappa shape index (κ2) is 4.16. The van der Waals surface area contributed by atoms with Gasteiger partial charge in [-0.05, 0) is 19.8 Å². The van der Waals surface area contributed by atoms with Gasteiger partial charge in [-0.25, -0.2) is 4.98 Å². The highest BCUT2D eigenvalue weighted by Crippen LogP contribution is 2.37. The van der Waals surface area contributed by atoms with E-state index in [-0.39, 0.29) is 11.5 Å². The van der Waals surface area contributed by atoms with Crippen molar-refractivity contribution in [2.24, 2.45) is 5.73 Å². The van der Waals surface area contributed by atoms with E-state index >= 15 is 0 Å². The van der Waals surface area contributed by atoms with Crippen molar-refractivity contribution in [2.75, 3.05) is 0 Å². The van der Waals surface area contributed by atoms with Gasteiger partial charge in [0.05, 0.1) is 5.41 Å². The summed E-state index contributed by atoms with van der Waals surface area (Å²) in [7, 11) is 0. The fourth-order valence-electron chi connectivity index (χ4n) is 2.49. The van der Waals surface area contributed by atoms with Crippen LogP contribution in [0.3, 0.4) is 0 Å². The van der Waals surface area contributed by atoms with Crippen LogP contribution in [0.25, 0.3) is 11.6 Å². The molecule has 18 heavy (non-hydrogen) atoms. The van der Waals surface area contributed by atoms with E-state index in [0.717, 1.165) is 19.3 Å². The van der Waals surface area contributed by atoms with Crippen molar-refractivity contribution in [3.63, 3.8) is 0 Å². The van der Waals surface area contributed by atoms with Gasteiger partial charge in [-0.1, -0.05) is 18.0 Å². The summed E-state index contributed by atoms with van der Waals surface area (Å²) in [6.07, 6.45) is 5.70. The first kappa shape index (κ1) is 11.3. The Morgan fingerprint density at radius 3 is 3.11 bits per heavy atom. The zero-order chi connectivity index (χ0) is 12.6. The molecule has 7 heteroatoms. The summed E-state index contributed by atoms with van der Waals surface area (Å²) in [4.78, 5) is 8.41. The fourth-order valence-corrected chi connectivity index (χ4v) is 2.49. The molecule has 7 nitrogen and oxygen atoms in total. The van der Waals surface area contributed by atoms with Gasteiger partial charge in [0.25, 0.3) is 0 Å². The van der Waals surface area contributed by atoms with E-state index in [1.54, 1.807) is 0 Å². The first-order chi connectivity index (χ1) is 8.70. The molecule has 0 amide bonds. The van der Waals surface area contributed by atoms with Gasteiger partial charge in [-0.2, -0.15) is 10.1 Å². The zero-order valence-electron chi connectivity index (χ0n) is 10.3. The van der Waals surface area contributed by atoms with E-state index in [0.29, 0.717) is 17.5 Å². The number of hydrogen-bond acceptors (Lipinski definition) is 6. The molecule has 1 aliphatic rings. The van der Waals surface area contributed by atoms with E-state index in [2.05, 4.69) is 32.2 Å². The van der Waals surface area contributed by atoms with Crippen LogP contribution in [0.5, 0.6) is 0 Å². The van der Waals surface area contributed by atoms with Crippen LogP contribution in [0.2, 0.25) is 0 Å². The third kappa shape index (κ3) is 1.71. The first-order valence-electron chi connectivity index (χ1n) is 6.15. The molecule has 1 fully saturated rings. The molecule has 0 spiro atoms. The topological polar surface area (TPSA) is 107 Å². The van der Waals surface area contributed by atoms with Crippen LogP contribution >= 0.6 is 0 Å². The lowest BCUT2D eigenvalue weighted by atomic mass is 9.72. The molecular weight excluding hydrogens is 232 g/mol. The van der Waals surface area contributed by atoms with Gasteiger partial charge in [0, 0.05) is 6.04 Å². The maximum absolute atomic E-state index is 6.21. The third-order valence-corrected chi connectivity index (χ3v) is 3.82. The number of rotatable bonds is 2. The summed E-state index contributed by atoms with van der Waals surface area (Å²) in [5.74, 6) is 1.54. The van der Waals surface area contributed by atoms with Gasteiger partial charge in [0.1, 0.15) is 6.33 Å². The summed E-state index contributed by atoms with van der Waals surface area (Å²) in [6.45, 7) is 2.09. The molecule has 0 saturated heterocycles. The summed E-state index contributed by atoms with van der Waals surface area (Å²) in [5, 5.41) is 10.4. The van der Waals surface area contributed by atoms with Gasteiger partial charge < -0.3 is 10.3 Å². The molecule has 2 aromatic rings. The zero-order valence-corrected chi connectivity index (χ0v) is 10.3. The predicted octanol–water partition coefficient (Wildman–Crippen LogP) is 1.01. The maximum Gasteiger partial charge on any atom is 0.239 e. The lowest BCUT2D eigenvalue weighted by molar-refractivity contribution is 0.203. The summed E-state index contributed by atoms with van der Waals surface area (Å²) in [6, 6.07) is 0.0641. The normalized spacial score (nSPS) is 28.4. The number of aromatic amines is 1. The minimum Gasteiger partial charge on any atom is -0.338 e. The quantitative estimate of drug-likeness (QED) is 0.821. The van der Waals surface area contributed by atoms with E-state index in [1.165, 1.54) is 12.7 Å².